The lowest BCUT2D eigenvalue weighted by atomic mass is 10.0. The summed E-state index contributed by atoms with van der Waals surface area (Å²) in [4.78, 5) is 0. The normalized spacial score (nSPS) is 22.8. The van der Waals surface area contributed by atoms with Gasteiger partial charge >= 0.3 is 0 Å². The Bertz CT molecular complexity index is 259. The summed E-state index contributed by atoms with van der Waals surface area (Å²) in [6.45, 7) is 1.04. The van der Waals surface area contributed by atoms with Crippen molar-refractivity contribution in [1.29, 1.82) is 0 Å². The van der Waals surface area contributed by atoms with Crippen LogP contribution in [0, 0.1) is 0 Å². The molecule has 0 saturated carbocycles. The van der Waals surface area contributed by atoms with E-state index in [0.717, 1.165) is 18.5 Å². The number of hydrogen-bond donors (Lipinski definition) is 2. The van der Waals surface area contributed by atoms with E-state index in [9.17, 15) is 5.11 Å². The number of hydrogen-bond acceptors (Lipinski definition) is 2. The van der Waals surface area contributed by atoms with Crippen LogP contribution in [0.4, 0.5) is 0 Å². The van der Waals surface area contributed by atoms with Crippen molar-refractivity contribution in [2.24, 2.45) is 0 Å². The van der Waals surface area contributed by atoms with E-state index in [1.165, 1.54) is 6.42 Å². The first-order valence-electron chi connectivity index (χ1n) is 4.84. The Balaban J connectivity index is 0.000000980. The van der Waals surface area contributed by atoms with Crippen LogP contribution in [0.1, 0.15) is 24.5 Å². The molecule has 78 valence electrons. The van der Waals surface area contributed by atoms with Gasteiger partial charge in [-0.3, -0.25) is 0 Å². The molecule has 1 aromatic carbocycles. The van der Waals surface area contributed by atoms with E-state index < -0.39 is 0 Å². The van der Waals surface area contributed by atoms with Crippen LogP contribution in [-0.4, -0.2) is 17.7 Å². The third-order valence-electron chi connectivity index (χ3n) is 2.62. The zero-order valence-corrected chi connectivity index (χ0v) is 8.83. The van der Waals surface area contributed by atoms with Crippen LogP contribution in [0.2, 0.25) is 0 Å². The van der Waals surface area contributed by atoms with Crippen molar-refractivity contribution in [1.82, 2.24) is 5.32 Å². The van der Waals surface area contributed by atoms with Crippen LogP contribution in [0.3, 0.4) is 0 Å². The molecule has 1 unspecified atom stereocenters. The molecule has 14 heavy (non-hydrogen) atoms. The number of nitrogens with one attached hydrogen (secondary N) is 1. The van der Waals surface area contributed by atoms with Gasteiger partial charge in [-0.05, 0) is 24.9 Å². The third kappa shape index (κ3) is 2.47. The third-order valence-corrected chi connectivity index (χ3v) is 2.62. The van der Waals surface area contributed by atoms with Gasteiger partial charge in [0, 0.05) is 6.04 Å². The molecular weight excluding hydrogens is 198 g/mol. The Labute approximate surface area is 90.7 Å². The molecule has 1 fully saturated rings. The van der Waals surface area contributed by atoms with Gasteiger partial charge in [-0.2, -0.15) is 0 Å². The SMILES string of the molecule is Cl.O[C@@H](c1ccccc1)C1CCCN1. The van der Waals surface area contributed by atoms with Crippen molar-refractivity contribution in [2.45, 2.75) is 25.0 Å². The summed E-state index contributed by atoms with van der Waals surface area (Å²) in [5.41, 5.74) is 1.02. The van der Waals surface area contributed by atoms with Gasteiger partial charge in [-0.1, -0.05) is 30.3 Å². The maximum Gasteiger partial charge on any atom is 0.0942 e. The zero-order valence-electron chi connectivity index (χ0n) is 8.02. The molecule has 1 heterocycles. The van der Waals surface area contributed by atoms with E-state index in [4.69, 9.17) is 0 Å². The number of halogens is 1. The Morgan fingerprint density at radius 3 is 2.57 bits per heavy atom. The van der Waals surface area contributed by atoms with Crippen molar-refractivity contribution in [3.05, 3.63) is 35.9 Å². The largest absolute Gasteiger partial charge is 0.387 e. The summed E-state index contributed by atoms with van der Waals surface area (Å²) < 4.78 is 0. The van der Waals surface area contributed by atoms with E-state index >= 15 is 0 Å². The van der Waals surface area contributed by atoms with E-state index in [1.807, 2.05) is 30.3 Å². The fourth-order valence-electron chi connectivity index (χ4n) is 1.86. The Morgan fingerprint density at radius 1 is 1.29 bits per heavy atom. The van der Waals surface area contributed by atoms with Gasteiger partial charge in [0.15, 0.2) is 0 Å². The molecule has 2 nitrogen and oxygen atoms in total. The minimum absolute atomic E-state index is 0. The van der Waals surface area contributed by atoms with Crippen LogP contribution >= 0.6 is 12.4 Å². The van der Waals surface area contributed by atoms with E-state index in [-0.39, 0.29) is 24.6 Å². The molecule has 2 N–H and O–H groups in total. The highest BCUT2D eigenvalue weighted by molar-refractivity contribution is 5.85. The number of benzene rings is 1. The Morgan fingerprint density at radius 2 is 2.00 bits per heavy atom. The first-order chi connectivity index (χ1) is 6.38. The second-order valence-electron chi connectivity index (χ2n) is 3.56. The van der Waals surface area contributed by atoms with Crippen molar-refractivity contribution < 1.29 is 5.11 Å². The standard InChI is InChI=1S/C11H15NO.ClH/c13-11(10-7-4-8-12-10)9-5-2-1-3-6-9;/h1-3,5-6,10-13H,4,7-8H2;1H/t10?,11-;/m0./s1. The highest BCUT2D eigenvalue weighted by atomic mass is 35.5. The molecule has 1 aliphatic heterocycles. The molecular formula is C11H16ClNO. The maximum atomic E-state index is 9.96. The van der Waals surface area contributed by atoms with Gasteiger partial charge in [0.2, 0.25) is 0 Å². The Kier molecular flexibility index (Phi) is 4.39. The summed E-state index contributed by atoms with van der Waals surface area (Å²) in [5, 5.41) is 13.3. The fraction of sp³-hybridized carbons (Fsp3) is 0.455. The molecule has 0 radical (unpaired) electrons. The first kappa shape index (κ1) is 11.5. The lowest BCUT2D eigenvalue weighted by Gasteiger charge is -2.18. The summed E-state index contributed by atoms with van der Waals surface area (Å²) in [5.74, 6) is 0. The van der Waals surface area contributed by atoms with Gasteiger partial charge < -0.3 is 10.4 Å². The lowest BCUT2D eigenvalue weighted by molar-refractivity contribution is 0.137. The molecule has 0 aliphatic carbocycles. The van der Waals surface area contributed by atoms with Gasteiger partial charge in [-0.15, -0.1) is 12.4 Å². The molecule has 1 aromatic rings. The van der Waals surface area contributed by atoms with Crippen molar-refractivity contribution in [3.8, 4) is 0 Å². The van der Waals surface area contributed by atoms with Crippen molar-refractivity contribution >= 4 is 12.4 Å². The molecule has 0 bridgehead atoms. The van der Waals surface area contributed by atoms with Crippen LogP contribution in [0.5, 0.6) is 0 Å². The highest BCUT2D eigenvalue weighted by Crippen LogP contribution is 2.22. The monoisotopic (exact) mass is 213 g/mol. The molecule has 0 aromatic heterocycles. The second-order valence-corrected chi connectivity index (χ2v) is 3.56. The van der Waals surface area contributed by atoms with E-state index in [2.05, 4.69) is 5.32 Å². The zero-order chi connectivity index (χ0) is 9.10. The minimum atomic E-state index is -0.344. The predicted octanol–water partition coefficient (Wildman–Crippen LogP) is 1.89. The molecule has 1 aliphatic rings. The van der Waals surface area contributed by atoms with Crippen LogP contribution in [0.25, 0.3) is 0 Å². The highest BCUT2D eigenvalue weighted by Gasteiger charge is 2.23. The van der Waals surface area contributed by atoms with E-state index in [1.54, 1.807) is 0 Å². The average molecular weight is 214 g/mol. The molecule has 1 saturated heterocycles. The van der Waals surface area contributed by atoms with E-state index in [0.29, 0.717) is 0 Å². The summed E-state index contributed by atoms with van der Waals surface area (Å²) in [6, 6.07) is 10.1. The maximum absolute atomic E-state index is 9.96. The predicted molar refractivity (Wildman–Crippen MR) is 59.7 cm³/mol. The number of aliphatic hydroxyl groups is 1. The minimum Gasteiger partial charge on any atom is -0.387 e. The van der Waals surface area contributed by atoms with Crippen molar-refractivity contribution in [2.75, 3.05) is 6.54 Å². The summed E-state index contributed by atoms with van der Waals surface area (Å²) in [6.07, 6.45) is 1.91. The second kappa shape index (κ2) is 5.35. The van der Waals surface area contributed by atoms with Crippen LogP contribution < -0.4 is 5.32 Å². The van der Waals surface area contributed by atoms with Crippen molar-refractivity contribution in [3.63, 3.8) is 0 Å². The van der Waals surface area contributed by atoms with Gasteiger partial charge in [0.1, 0.15) is 0 Å². The smallest absolute Gasteiger partial charge is 0.0942 e. The number of rotatable bonds is 2. The van der Waals surface area contributed by atoms with Gasteiger partial charge in [0.05, 0.1) is 6.10 Å². The lowest BCUT2D eigenvalue weighted by Crippen LogP contribution is -2.28. The Hall–Kier alpha value is -0.570. The average Bonchev–Trinajstić information content (AvgIpc) is 2.71. The van der Waals surface area contributed by atoms with Gasteiger partial charge in [0.25, 0.3) is 0 Å². The number of aliphatic hydroxyl groups excluding tert-OH is 1. The molecule has 2 rings (SSSR count). The first-order valence-corrected chi connectivity index (χ1v) is 4.84. The molecule has 0 spiro atoms. The quantitative estimate of drug-likeness (QED) is 0.787. The van der Waals surface area contributed by atoms with Crippen LogP contribution in [0.15, 0.2) is 30.3 Å². The summed E-state index contributed by atoms with van der Waals surface area (Å²) in [7, 11) is 0. The van der Waals surface area contributed by atoms with Crippen LogP contribution in [-0.2, 0) is 0 Å². The fourth-order valence-corrected chi connectivity index (χ4v) is 1.86. The molecule has 3 heteroatoms. The molecule has 0 amide bonds. The molecule has 2 atom stereocenters. The topological polar surface area (TPSA) is 32.3 Å². The van der Waals surface area contributed by atoms with Gasteiger partial charge in [-0.25, -0.2) is 0 Å². The summed E-state index contributed by atoms with van der Waals surface area (Å²) >= 11 is 0.